The van der Waals surface area contributed by atoms with Crippen LogP contribution in [0.3, 0.4) is 0 Å². The van der Waals surface area contributed by atoms with Crippen LogP contribution in [0.4, 0.5) is 0 Å². The van der Waals surface area contributed by atoms with E-state index >= 15 is 0 Å². The summed E-state index contributed by atoms with van der Waals surface area (Å²) in [5, 5.41) is 9.47. The summed E-state index contributed by atoms with van der Waals surface area (Å²) in [4.78, 5) is 21.9. The number of fused-ring (bicyclic) bond motifs is 1. The highest BCUT2D eigenvalue weighted by atomic mass is 16.5. The quantitative estimate of drug-likeness (QED) is 0.668. The first-order chi connectivity index (χ1) is 11.7. The lowest BCUT2D eigenvalue weighted by Gasteiger charge is -2.07. The number of carboxylic acid groups (broad SMARTS) is 1. The lowest BCUT2D eigenvalue weighted by atomic mass is 10.1. The van der Waals surface area contributed by atoms with E-state index in [1.54, 1.807) is 18.2 Å². The lowest BCUT2D eigenvalue weighted by molar-refractivity contribution is -0.137. The molecule has 0 bridgehead atoms. The van der Waals surface area contributed by atoms with Gasteiger partial charge in [0.05, 0.1) is 17.4 Å². The minimum absolute atomic E-state index is 0.0313. The van der Waals surface area contributed by atoms with Gasteiger partial charge in [0.2, 0.25) is 0 Å². The van der Waals surface area contributed by atoms with E-state index in [1.807, 2.05) is 30.3 Å². The molecule has 0 saturated heterocycles. The summed E-state index contributed by atoms with van der Waals surface area (Å²) in [7, 11) is 0. The van der Waals surface area contributed by atoms with Crippen LogP contribution in [-0.2, 0) is 17.8 Å². The highest BCUT2D eigenvalue weighted by Gasteiger charge is 2.14. The molecule has 3 aromatic rings. The second kappa shape index (κ2) is 7.00. The number of furan rings is 1. The minimum Gasteiger partial charge on any atom is -0.488 e. The molecule has 1 heterocycles. The summed E-state index contributed by atoms with van der Waals surface area (Å²) >= 11 is 0. The Morgan fingerprint density at radius 2 is 1.96 bits per heavy atom. The number of rotatable bonds is 7. The first-order valence-electron chi connectivity index (χ1n) is 7.56. The van der Waals surface area contributed by atoms with Crippen molar-refractivity contribution in [2.75, 3.05) is 0 Å². The summed E-state index contributed by atoms with van der Waals surface area (Å²) in [5.74, 6) is 0.225. The molecule has 1 N–H and O–H groups in total. The van der Waals surface area contributed by atoms with Gasteiger partial charge in [-0.1, -0.05) is 30.3 Å². The van der Waals surface area contributed by atoms with Crippen LogP contribution < -0.4 is 4.74 Å². The maximum Gasteiger partial charge on any atom is 0.303 e. The van der Waals surface area contributed by atoms with Crippen LogP contribution in [-0.4, -0.2) is 17.4 Å². The van der Waals surface area contributed by atoms with E-state index in [4.69, 9.17) is 14.3 Å². The average Bonchev–Trinajstić information content (AvgIpc) is 3.03. The Hall–Kier alpha value is -3.08. The fourth-order valence-electron chi connectivity index (χ4n) is 2.48. The van der Waals surface area contributed by atoms with Gasteiger partial charge < -0.3 is 14.3 Å². The number of benzene rings is 2. The van der Waals surface area contributed by atoms with Gasteiger partial charge in [-0.05, 0) is 23.8 Å². The zero-order valence-corrected chi connectivity index (χ0v) is 12.9. The first-order valence-corrected chi connectivity index (χ1v) is 7.56. The Morgan fingerprint density at radius 1 is 1.17 bits per heavy atom. The molecule has 0 saturated carbocycles. The molecule has 0 unspecified atom stereocenters. The molecule has 0 spiro atoms. The number of carbonyl (C=O) groups excluding carboxylic acids is 1. The number of carboxylic acids is 1. The molecule has 0 atom stereocenters. The highest BCUT2D eigenvalue weighted by molar-refractivity contribution is 5.98. The van der Waals surface area contributed by atoms with Crippen molar-refractivity contribution in [3.8, 4) is 5.75 Å². The molecule has 0 amide bonds. The van der Waals surface area contributed by atoms with Crippen molar-refractivity contribution in [1.82, 2.24) is 0 Å². The standard InChI is InChI=1S/C19H16O5/c20-11-14-6-8-17(23-12-13-4-2-1-3-5-13)16-10-15(24-19(14)16)7-9-18(21)22/h1-6,8,10-11H,7,9,12H2,(H,21,22). The molecule has 5 heteroatoms. The molecule has 0 aliphatic carbocycles. The zero-order chi connectivity index (χ0) is 16.9. The van der Waals surface area contributed by atoms with Crippen LogP contribution in [0.5, 0.6) is 5.75 Å². The fraction of sp³-hybridized carbons (Fsp3) is 0.158. The highest BCUT2D eigenvalue weighted by Crippen LogP contribution is 2.32. The molecule has 0 aliphatic heterocycles. The van der Waals surface area contributed by atoms with Gasteiger partial charge in [0.25, 0.3) is 0 Å². The number of ether oxygens (including phenoxy) is 1. The van der Waals surface area contributed by atoms with Gasteiger partial charge in [-0.3, -0.25) is 9.59 Å². The van der Waals surface area contributed by atoms with Gasteiger partial charge in [0.15, 0.2) is 6.29 Å². The predicted molar refractivity (Wildman–Crippen MR) is 88.3 cm³/mol. The number of hydrogen-bond donors (Lipinski definition) is 1. The Labute approximate surface area is 138 Å². The van der Waals surface area contributed by atoms with Crippen LogP contribution in [0.25, 0.3) is 11.0 Å². The van der Waals surface area contributed by atoms with Crippen LogP contribution in [0.2, 0.25) is 0 Å². The fourth-order valence-corrected chi connectivity index (χ4v) is 2.48. The van der Waals surface area contributed by atoms with E-state index in [2.05, 4.69) is 0 Å². The molecule has 2 aromatic carbocycles. The van der Waals surface area contributed by atoms with Crippen LogP contribution in [0, 0.1) is 0 Å². The molecule has 122 valence electrons. The number of aliphatic carboxylic acids is 1. The summed E-state index contributed by atoms with van der Waals surface area (Å²) in [6, 6.07) is 14.8. The van der Waals surface area contributed by atoms with Gasteiger partial charge >= 0.3 is 5.97 Å². The molecule has 0 fully saturated rings. The zero-order valence-electron chi connectivity index (χ0n) is 12.9. The molecule has 0 radical (unpaired) electrons. The van der Waals surface area contributed by atoms with E-state index in [0.29, 0.717) is 40.9 Å². The van der Waals surface area contributed by atoms with E-state index in [-0.39, 0.29) is 12.8 Å². The topological polar surface area (TPSA) is 76.7 Å². The van der Waals surface area contributed by atoms with E-state index < -0.39 is 5.97 Å². The molecule has 3 rings (SSSR count). The second-order valence-corrected chi connectivity index (χ2v) is 5.39. The van der Waals surface area contributed by atoms with Crippen molar-refractivity contribution in [2.45, 2.75) is 19.4 Å². The van der Waals surface area contributed by atoms with Gasteiger partial charge in [-0.2, -0.15) is 0 Å². The van der Waals surface area contributed by atoms with Gasteiger partial charge in [-0.25, -0.2) is 0 Å². The maximum atomic E-state index is 11.2. The summed E-state index contributed by atoms with van der Waals surface area (Å²) in [6.07, 6.45) is 0.949. The molecule has 24 heavy (non-hydrogen) atoms. The summed E-state index contributed by atoms with van der Waals surface area (Å²) in [6.45, 7) is 0.395. The first kappa shape index (κ1) is 15.8. The monoisotopic (exact) mass is 324 g/mol. The Balaban J connectivity index is 1.89. The van der Waals surface area contributed by atoms with E-state index in [9.17, 15) is 9.59 Å². The normalized spacial score (nSPS) is 10.7. The Kier molecular flexibility index (Phi) is 4.61. The minimum atomic E-state index is -0.897. The van der Waals surface area contributed by atoms with Crippen molar-refractivity contribution in [3.05, 3.63) is 65.4 Å². The lowest BCUT2D eigenvalue weighted by Crippen LogP contribution is -1.96. The molecular weight excluding hydrogens is 308 g/mol. The third kappa shape index (κ3) is 3.46. The molecule has 5 nitrogen and oxygen atoms in total. The van der Waals surface area contributed by atoms with Crippen molar-refractivity contribution in [1.29, 1.82) is 0 Å². The molecule has 1 aromatic heterocycles. The van der Waals surface area contributed by atoms with E-state index in [1.165, 1.54) is 0 Å². The number of hydrogen-bond acceptors (Lipinski definition) is 4. The van der Waals surface area contributed by atoms with Crippen molar-refractivity contribution in [2.24, 2.45) is 0 Å². The van der Waals surface area contributed by atoms with Crippen molar-refractivity contribution in [3.63, 3.8) is 0 Å². The molecule has 0 aliphatic rings. The van der Waals surface area contributed by atoms with E-state index in [0.717, 1.165) is 5.56 Å². The van der Waals surface area contributed by atoms with Crippen molar-refractivity contribution < 1.29 is 23.8 Å². The van der Waals surface area contributed by atoms with Crippen molar-refractivity contribution >= 4 is 23.2 Å². The average molecular weight is 324 g/mol. The third-order valence-electron chi connectivity index (χ3n) is 3.67. The van der Waals surface area contributed by atoms with Crippen LogP contribution in [0.15, 0.2) is 52.9 Å². The predicted octanol–water partition coefficient (Wildman–Crippen LogP) is 3.84. The SMILES string of the molecule is O=Cc1ccc(OCc2ccccc2)c2cc(CCC(=O)O)oc12. The second-order valence-electron chi connectivity index (χ2n) is 5.39. The third-order valence-corrected chi connectivity index (χ3v) is 3.67. The Morgan fingerprint density at radius 3 is 2.67 bits per heavy atom. The Bertz CT molecular complexity index is 864. The smallest absolute Gasteiger partial charge is 0.303 e. The van der Waals surface area contributed by atoms with Gasteiger partial charge in [-0.15, -0.1) is 0 Å². The number of aldehydes is 1. The summed E-state index contributed by atoms with van der Waals surface area (Å²) < 4.78 is 11.5. The number of aryl methyl sites for hydroxylation is 1. The van der Waals surface area contributed by atoms with Gasteiger partial charge in [0, 0.05) is 6.42 Å². The van der Waals surface area contributed by atoms with Crippen LogP contribution >= 0.6 is 0 Å². The molecular formula is C19H16O5. The van der Waals surface area contributed by atoms with Gasteiger partial charge in [0.1, 0.15) is 23.7 Å². The largest absolute Gasteiger partial charge is 0.488 e. The maximum absolute atomic E-state index is 11.2. The number of carbonyl (C=O) groups is 2. The summed E-state index contributed by atoms with van der Waals surface area (Å²) in [5.41, 5.74) is 1.87. The van der Waals surface area contributed by atoms with Crippen LogP contribution in [0.1, 0.15) is 28.1 Å².